The summed E-state index contributed by atoms with van der Waals surface area (Å²) < 4.78 is 19.9. The number of aromatic nitrogens is 1. The molecule has 1 aliphatic heterocycles. The quantitative estimate of drug-likeness (QED) is 0.314. The van der Waals surface area contributed by atoms with Crippen molar-refractivity contribution in [3.05, 3.63) is 89.6 Å². The predicted molar refractivity (Wildman–Crippen MR) is 140 cm³/mol. The first-order valence-corrected chi connectivity index (χ1v) is 11.8. The summed E-state index contributed by atoms with van der Waals surface area (Å²) in [5.41, 5.74) is 7.70. The Morgan fingerprint density at radius 2 is 1.89 bits per heavy atom. The third-order valence-electron chi connectivity index (χ3n) is 5.85. The second-order valence-electron chi connectivity index (χ2n) is 8.93. The number of carbonyl (C=O) groups excluding carboxylic acids is 2. The fourth-order valence-electron chi connectivity index (χ4n) is 3.88. The van der Waals surface area contributed by atoms with Crippen molar-refractivity contribution in [1.82, 2.24) is 15.6 Å². The Kier molecular flexibility index (Phi) is 7.69. The second kappa shape index (κ2) is 11.1. The van der Waals surface area contributed by atoms with Crippen LogP contribution in [-0.2, 0) is 10.3 Å². The van der Waals surface area contributed by atoms with Gasteiger partial charge in [-0.25, -0.2) is 9.18 Å². The number of aryl methyl sites for hydroxylation is 1. The summed E-state index contributed by atoms with van der Waals surface area (Å²) in [6, 6.07) is 14.3. The third kappa shape index (κ3) is 6.42. The molecule has 1 atom stereocenters. The van der Waals surface area contributed by atoms with E-state index in [4.69, 9.17) is 10.5 Å². The molecule has 192 valence electrons. The Balaban J connectivity index is 1.36. The van der Waals surface area contributed by atoms with Crippen LogP contribution in [0.5, 0.6) is 11.5 Å². The molecular weight excluding hydrogens is 475 g/mol. The van der Waals surface area contributed by atoms with Crippen LogP contribution in [0, 0.1) is 12.7 Å². The number of halogens is 1. The summed E-state index contributed by atoms with van der Waals surface area (Å²) in [6.07, 6.45) is 3.82. The fraction of sp³-hybridized carbons (Fsp3) is 0.222. The number of nitrogens with zero attached hydrogens (tertiary/aromatic N) is 1. The molecule has 3 amide bonds. The Morgan fingerprint density at radius 3 is 2.65 bits per heavy atom. The van der Waals surface area contributed by atoms with Gasteiger partial charge in [-0.3, -0.25) is 9.78 Å². The first-order valence-electron chi connectivity index (χ1n) is 11.8. The smallest absolute Gasteiger partial charge is 0.323 e. The number of rotatable bonds is 8. The molecule has 9 nitrogen and oxygen atoms in total. The molecule has 4 rings (SSSR count). The number of urea groups is 1. The Morgan fingerprint density at radius 1 is 1.11 bits per heavy atom. The molecule has 0 aliphatic carbocycles. The Hall–Kier alpha value is -4.44. The summed E-state index contributed by atoms with van der Waals surface area (Å²) in [4.78, 5) is 29.0. The van der Waals surface area contributed by atoms with Crippen LogP contribution in [0.2, 0.25) is 0 Å². The van der Waals surface area contributed by atoms with Crippen molar-refractivity contribution in [3.63, 3.8) is 0 Å². The molecule has 0 saturated carbocycles. The van der Waals surface area contributed by atoms with E-state index in [0.29, 0.717) is 42.3 Å². The van der Waals surface area contributed by atoms with Crippen LogP contribution in [0.1, 0.15) is 24.6 Å². The number of hydrogen-bond donors (Lipinski definition) is 5. The van der Waals surface area contributed by atoms with Crippen molar-refractivity contribution in [3.8, 4) is 11.5 Å². The standard InChI is InChI=1S/C27H29FN6O3/c1-17-3-8-22(28)23(13-17)34-26(36)33-19-4-6-20(7-5-19)37-21-9-11-30-24(14-21)27(2)15-18(16-32-27)25(35)31-12-10-29/h3-9,11,13-14,16,32H,10,12,15,29H2,1-2H3,(H,31,35)(H2,33,34,36). The van der Waals surface area contributed by atoms with E-state index >= 15 is 0 Å². The molecule has 6 N–H and O–H groups in total. The highest BCUT2D eigenvalue weighted by Gasteiger charge is 2.35. The van der Waals surface area contributed by atoms with Crippen LogP contribution in [0.15, 0.2) is 72.6 Å². The largest absolute Gasteiger partial charge is 0.457 e. The second-order valence-corrected chi connectivity index (χ2v) is 8.93. The van der Waals surface area contributed by atoms with Gasteiger partial charge in [0.05, 0.1) is 16.9 Å². The van der Waals surface area contributed by atoms with Crippen LogP contribution in [0.25, 0.3) is 0 Å². The van der Waals surface area contributed by atoms with Gasteiger partial charge in [0.15, 0.2) is 0 Å². The van der Waals surface area contributed by atoms with Gasteiger partial charge in [-0.1, -0.05) is 6.07 Å². The molecule has 1 aromatic heterocycles. The molecular formula is C27H29FN6O3. The van der Waals surface area contributed by atoms with Gasteiger partial charge in [-0.15, -0.1) is 0 Å². The number of nitrogens with one attached hydrogen (secondary N) is 4. The van der Waals surface area contributed by atoms with Gasteiger partial charge < -0.3 is 31.7 Å². The van der Waals surface area contributed by atoms with Crippen LogP contribution in [-0.4, -0.2) is 30.0 Å². The van der Waals surface area contributed by atoms with Crippen molar-refractivity contribution in [2.24, 2.45) is 5.73 Å². The predicted octanol–water partition coefficient (Wildman–Crippen LogP) is 4.13. The normalized spacial score (nSPS) is 16.4. The molecule has 0 saturated heterocycles. The minimum atomic E-state index is -0.563. The number of nitrogens with two attached hydrogens (primary N) is 1. The molecule has 37 heavy (non-hydrogen) atoms. The summed E-state index contributed by atoms with van der Waals surface area (Å²) >= 11 is 0. The molecule has 10 heteroatoms. The van der Waals surface area contributed by atoms with Crippen molar-refractivity contribution in [2.45, 2.75) is 25.8 Å². The number of anilines is 2. The maximum absolute atomic E-state index is 13.9. The molecule has 1 unspecified atom stereocenters. The highest BCUT2D eigenvalue weighted by atomic mass is 19.1. The number of benzene rings is 2. The fourth-order valence-corrected chi connectivity index (χ4v) is 3.88. The lowest BCUT2D eigenvalue weighted by Gasteiger charge is -2.25. The molecule has 0 radical (unpaired) electrons. The van der Waals surface area contributed by atoms with Gasteiger partial charge in [0, 0.05) is 49.2 Å². The Labute approximate surface area is 214 Å². The minimum Gasteiger partial charge on any atom is -0.457 e. The van der Waals surface area contributed by atoms with E-state index < -0.39 is 17.4 Å². The van der Waals surface area contributed by atoms with E-state index in [2.05, 4.69) is 26.3 Å². The van der Waals surface area contributed by atoms with E-state index in [1.807, 2.05) is 19.9 Å². The number of ether oxygens (including phenoxy) is 1. The summed E-state index contributed by atoms with van der Waals surface area (Å²) in [6.45, 7) is 4.57. The summed E-state index contributed by atoms with van der Waals surface area (Å²) in [5, 5.41) is 11.2. The van der Waals surface area contributed by atoms with Crippen LogP contribution in [0.4, 0.5) is 20.6 Å². The highest BCUT2D eigenvalue weighted by Crippen LogP contribution is 2.34. The molecule has 2 heterocycles. The van der Waals surface area contributed by atoms with E-state index in [0.717, 1.165) is 11.3 Å². The van der Waals surface area contributed by atoms with Crippen molar-refractivity contribution < 1.29 is 18.7 Å². The minimum absolute atomic E-state index is 0.106. The summed E-state index contributed by atoms with van der Waals surface area (Å²) in [5.74, 6) is 0.463. The monoisotopic (exact) mass is 504 g/mol. The van der Waals surface area contributed by atoms with E-state index in [1.165, 1.54) is 6.07 Å². The first kappa shape index (κ1) is 25.6. The van der Waals surface area contributed by atoms with Crippen LogP contribution >= 0.6 is 0 Å². The zero-order valence-electron chi connectivity index (χ0n) is 20.6. The van der Waals surface area contributed by atoms with E-state index in [9.17, 15) is 14.0 Å². The zero-order valence-corrected chi connectivity index (χ0v) is 20.6. The molecule has 1 aliphatic rings. The van der Waals surface area contributed by atoms with Gasteiger partial charge in [0.25, 0.3) is 0 Å². The van der Waals surface area contributed by atoms with Gasteiger partial charge >= 0.3 is 6.03 Å². The molecule has 2 aromatic carbocycles. The molecule has 0 fully saturated rings. The highest BCUT2D eigenvalue weighted by molar-refractivity contribution is 5.99. The summed E-state index contributed by atoms with van der Waals surface area (Å²) in [7, 11) is 0. The van der Waals surface area contributed by atoms with E-state index in [-0.39, 0.29) is 11.6 Å². The number of hydrogen-bond acceptors (Lipinski definition) is 6. The molecule has 0 spiro atoms. The number of carbonyl (C=O) groups is 2. The van der Waals surface area contributed by atoms with Gasteiger partial charge in [0.1, 0.15) is 17.3 Å². The topological polar surface area (TPSA) is 130 Å². The lowest BCUT2D eigenvalue weighted by molar-refractivity contribution is -0.117. The average molecular weight is 505 g/mol. The molecule has 3 aromatic rings. The number of amides is 3. The first-order chi connectivity index (χ1) is 17.8. The van der Waals surface area contributed by atoms with Gasteiger partial charge in [0.2, 0.25) is 5.91 Å². The van der Waals surface area contributed by atoms with Crippen molar-refractivity contribution >= 4 is 23.3 Å². The van der Waals surface area contributed by atoms with E-state index in [1.54, 1.807) is 54.9 Å². The number of pyridine rings is 1. The van der Waals surface area contributed by atoms with Gasteiger partial charge in [-0.05, 0) is 61.9 Å². The van der Waals surface area contributed by atoms with Crippen molar-refractivity contribution in [2.75, 3.05) is 23.7 Å². The SMILES string of the molecule is Cc1ccc(F)c(NC(=O)Nc2ccc(Oc3ccnc(C4(C)CC(C(=O)NCCN)=CN4)c3)cc2)c1. The third-order valence-corrected chi connectivity index (χ3v) is 5.85. The van der Waals surface area contributed by atoms with Crippen LogP contribution < -0.4 is 31.7 Å². The maximum Gasteiger partial charge on any atom is 0.323 e. The Bertz CT molecular complexity index is 1330. The lowest BCUT2D eigenvalue weighted by Crippen LogP contribution is -2.34. The molecule has 0 bridgehead atoms. The van der Waals surface area contributed by atoms with Gasteiger partial charge in [-0.2, -0.15) is 0 Å². The van der Waals surface area contributed by atoms with Crippen LogP contribution in [0.3, 0.4) is 0 Å². The zero-order chi connectivity index (χ0) is 26.4. The van der Waals surface area contributed by atoms with Crippen molar-refractivity contribution in [1.29, 1.82) is 0 Å². The lowest BCUT2D eigenvalue weighted by atomic mass is 9.92. The maximum atomic E-state index is 13.9. The average Bonchev–Trinajstić information content (AvgIpc) is 3.29.